The van der Waals surface area contributed by atoms with Gasteiger partial charge in [-0.1, -0.05) is 20.8 Å². The van der Waals surface area contributed by atoms with Crippen molar-refractivity contribution in [2.45, 2.75) is 33.6 Å². The number of methoxy groups -OCH3 is 1. The van der Waals surface area contributed by atoms with Crippen molar-refractivity contribution in [1.82, 2.24) is 5.32 Å². The van der Waals surface area contributed by atoms with Crippen LogP contribution in [-0.4, -0.2) is 26.8 Å². The first-order valence-electron chi connectivity index (χ1n) is 6.34. The first-order chi connectivity index (χ1) is 8.07. The van der Waals surface area contributed by atoms with Crippen LogP contribution in [0.25, 0.3) is 0 Å². The van der Waals surface area contributed by atoms with Crippen LogP contribution in [-0.2, 0) is 17.6 Å². The van der Waals surface area contributed by atoms with Gasteiger partial charge in [0.2, 0.25) is 0 Å². The number of rotatable bonds is 8. The molecule has 1 aromatic rings. The molecule has 1 heterocycles. The van der Waals surface area contributed by atoms with E-state index in [-0.39, 0.29) is 0 Å². The minimum atomic E-state index is 0.309. The summed E-state index contributed by atoms with van der Waals surface area (Å²) >= 11 is 1.95. The molecule has 0 bridgehead atoms. The van der Waals surface area contributed by atoms with Crippen molar-refractivity contribution in [1.29, 1.82) is 0 Å². The van der Waals surface area contributed by atoms with Gasteiger partial charge in [0.1, 0.15) is 0 Å². The van der Waals surface area contributed by atoms with E-state index >= 15 is 0 Å². The zero-order valence-corrected chi connectivity index (χ0v) is 12.3. The second-order valence-electron chi connectivity index (χ2n) is 5.23. The van der Waals surface area contributed by atoms with Crippen LogP contribution >= 0.6 is 11.3 Å². The molecule has 2 nitrogen and oxygen atoms in total. The number of aryl methyl sites for hydroxylation is 1. The van der Waals surface area contributed by atoms with Gasteiger partial charge in [-0.15, -0.1) is 11.3 Å². The molecule has 0 atom stereocenters. The van der Waals surface area contributed by atoms with E-state index in [1.54, 1.807) is 7.11 Å². The van der Waals surface area contributed by atoms with Crippen LogP contribution in [0.2, 0.25) is 0 Å². The van der Waals surface area contributed by atoms with Gasteiger partial charge in [0, 0.05) is 30.0 Å². The van der Waals surface area contributed by atoms with Crippen LogP contribution in [0.3, 0.4) is 0 Å². The molecule has 0 fully saturated rings. The molecule has 1 rings (SSSR count). The van der Waals surface area contributed by atoms with Crippen LogP contribution < -0.4 is 5.32 Å². The van der Waals surface area contributed by atoms with Gasteiger partial charge in [0.15, 0.2) is 0 Å². The second-order valence-corrected chi connectivity index (χ2v) is 6.49. The average Bonchev–Trinajstić information content (AvgIpc) is 2.71. The molecule has 17 heavy (non-hydrogen) atoms. The quantitative estimate of drug-likeness (QED) is 0.721. The van der Waals surface area contributed by atoms with Gasteiger partial charge in [-0.3, -0.25) is 0 Å². The number of hydrogen-bond donors (Lipinski definition) is 1. The minimum absolute atomic E-state index is 0.309. The Kier molecular flexibility index (Phi) is 6.17. The number of ether oxygens (including phenoxy) is 1. The van der Waals surface area contributed by atoms with Gasteiger partial charge in [0.25, 0.3) is 0 Å². The molecular weight excluding hydrogens is 230 g/mol. The highest BCUT2D eigenvalue weighted by molar-refractivity contribution is 7.11. The van der Waals surface area contributed by atoms with Crippen LogP contribution in [0.1, 0.15) is 30.5 Å². The van der Waals surface area contributed by atoms with Crippen molar-refractivity contribution in [3.05, 3.63) is 21.9 Å². The maximum atomic E-state index is 5.03. The lowest BCUT2D eigenvalue weighted by molar-refractivity contribution is 0.194. The summed E-state index contributed by atoms with van der Waals surface area (Å²) in [6.07, 6.45) is 2.30. The molecule has 0 aromatic carbocycles. The van der Waals surface area contributed by atoms with E-state index in [0.29, 0.717) is 5.41 Å². The van der Waals surface area contributed by atoms with E-state index in [4.69, 9.17) is 4.74 Å². The topological polar surface area (TPSA) is 21.3 Å². The molecule has 1 aromatic heterocycles. The van der Waals surface area contributed by atoms with Crippen molar-refractivity contribution in [3.63, 3.8) is 0 Å². The lowest BCUT2D eigenvalue weighted by Crippen LogP contribution is -2.32. The van der Waals surface area contributed by atoms with Crippen molar-refractivity contribution in [2.24, 2.45) is 5.41 Å². The molecule has 0 spiro atoms. The monoisotopic (exact) mass is 255 g/mol. The van der Waals surface area contributed by atoms with Crippen LogP contribution in [0.5, 0.6) is 0 Å². The summed E-state index contributed by atoms with van der Waals surface area (Å²) in [5.41, 5.74) is 0.309. The molecule has 0 radical (unpaired) electrons. The second kappa shape index (κ2) is 7.14. The molecule has 0 saturated carbocycles. The number of thiophene rings is 1. The van der Waals surface area contributed by atoms with Gasteiger partial charge in [0.05, 0.1) is 6.61 Å². The van der Waals surface area contributed by atoms with Crippen molar-refractivity contribution in [2.75, 3.05) is 26.8 Å². The van der Waals surface area contributed by atoms with Crippen molar-refractivity contribution < 1.29 is 4.74 Å². The molecular formula is C14H25NOS. The largest absolute Gasteiger partial charge is 0.383 e. The summed E-state index contributed by atoms with van der Waals surface area (Å²) in [5, 5.41) is 3.45. The molecule has 0 aliphatic rings. The predicted molar refractivity (Wildman–Crippen MR) is 75.9 cm³/mol. The summed E-state index contributed by atoms with van der Waals surface area (Å²) < 4.78 is 5.03. The maximum absolute atomic E-state index is 5.03. The zero-order chi connectivity index (χ0) is 12.7. The van der Waals surface area contributed by atoms with Crippen LogP contribution in [0, 0.1) is 5.41 Å². The molecule has 0 aliphatic carbocycles. The summed E-state index contributed by atoms with van der Waals surface area (Å²) in [6.45, 7) is 9.61. The fraction of sp³-hybridized carbons (Fsp3) is 0.714. The predicted octanol–water partition coefficient (Wildman–Crippen LogP) is 3.12. The van der Waals surface area contributed by atoms with Gasteiger partial charge < -0.3 is 10.1 Å². The Morgan fingerprint density at radius 2 is 2.00 bits per heavy atom. The Labute approximate surface area is 109 Å². The normalized spacial score (nSPS) is 12.0. The highest BCUT2D eigenvalue weighted by Gasteiger charge is 2.18. The number of hydrogen-bond acceptors (Lipinski definition) is 3. The maximum Gasteiger partial charge on any atom is 0.0587 e. The highest BCUT2D eigenvalue weighted by Crippen LogP contribution is 2.26. The fourth-order valence-corrected chi connectivity index (χ4v) is 3.06. The lowest BCUT2D eigenvalue weighted by atomic mass is 9.88. The third kappa shape index (κ3) is 5.66. The van der Waals surface area contributed by atoms with Gasteiger partial charge in [-0.25, -0.2) is 0 Å². The number of nitrogens with one attached hydrogen (secondary N) is 1. The summed E-state index contributed by atoms with van der Waals surface area (Å²) in [6, 6.07) is 4.54. The summed E-state index contributed by atoms with van der Waals surface area (Å²) in [7, 11) is 1.74. The van der Waals surface area contributed by atoms with Crippen molar-refractivity contribution in [3.8, 4) is 0 Å². The molecule has 0 amide bonds. The minimum Gasteiger partial charge on any atom is -0.383 e. The van der Waals surface area contributed by atoms with Gasteiger partial charge in [-0.2, -0.15) is 0 Å². The molecule has 3 heteroatoms. The fourth-order valence-electron chi connectivity index (χ4n) is 1.84. The summed E-state index contributed by atoms with van der Waals surface area (Å²) in [4.78, 5) is 2.99. The summed E-state index contributed by atoms with van der Waals surface area (Å²) in [5.74, 6) is 0. The van der Waals surface area contributed by atoms with E-state index < -0.39 is 0 Å². The Morgan fingerprint density at radius 1 is 1.29 bits per heavy atom. The molecule has 0 aliphatic heterocycles. The Hall–Kier alpha value is -0.380. The Morgan fingerprint density at radius 3 is 2.59 bits per heavy atom. The van der Waals surface area contributed by atoms with E-state index in [0.717, 1.165) is 32.5 Å². The van der Waals surface area contributed by atoms with E-state index in [2.05, 4.69) is 38.2 Å². The molecule has 1 N–H and O–H groups in total. The molecule has 0 saturated heterocycles. The SMILES string of the molecule is CCc1ccc(CC(C)(C)CNCCOC)s1. The third-order valence-electron chi connectivity index (χ3n) is 2.81. The zero-order valence-electron chi connectivity index (χ0n) is 11.5. The smallest absolute Gasteiger partial charge is 0.0587 e. The first kappa shape index (κ1) is 14.7. The first-order valence-corrected chi connectivity index (χ1v) is 7.16. The Balaban J connectivity index is 2.37. The molecule has 0 unspecified atom stereocenters. The third-order valence-corrected chi connectivity index (χ3v) is 4.03. The Bertz CT molecular complexity index is 320. The standard InChI is InChI=1S/C14H25NOS/c1-5-12-6-7-13(17-12)10-14(2,3)11-15-8-9-16-4/h6-7,15H,5,8-11H2,1-4H3. The van der Waals surface area contributed by atoms with Gasteiger partial charge >= 0.3 is 0 Å². The van der Waals surface area contributed by atoms with Crippen LogP contribution in [0.4, 0.5) is 0 Å². The molecule has 98 valence electrons. The van der Waals surface area contributed by atoms with Crippen molar-refractivity contribution >= 4 is 11.3 Å². The van der Waals surface area contributed by atoms with E-state index in [9.17, 15) is 0 Å². The highest BCUT2D eigenvalue weighted by atomic mass is 32.1. The van der Waals surface area contributed by atoms with E-state index in [1.165, 1.54) is 9.75 Å². The van der Waals surface area contributed by atoms with E-state index in [1.807, 2.05) is 11.3 Å². The van der Waals surface area contributed by atoms with Gasteiger partial charge in [-0.05, 0) is 30.4 Å². The lowest BCUT2D eigenvalue weighted by Gasteiger charge is -2.24. The van der Waals surface area contributed by atoms with Crippen LogP contribution in [0.15, 0.2) is 12.1 Å². The average molecular weight is 255 g/mol.